The summed E-state index contributed by atoms with van der Waals surface area (Å²) in [6, 6.07) is 7.84. The van der Waals surface area contributed by atoms with Gasteiger partial charge in [-0.25, -0.2) is 0 Å². The van der Waals surface area contributed by atoms with Crippen LogP contribution in [0.5, 0.6) is 0 Å². The van der Waals surface area contributed by atoms with E-state index < -0.39 is 0 Å². The van der Waals surface area contributed by atoms with Gasteiger partial charge in [-0.2, -0.15) is 0 Å². The maximum Gasteiger partial charge on any atom is 0.0720 e. The Bertz CT molecular complexity index is 256. The lowest BCUT2D eigenvalue weighted by Crippen LogP contribution is -1.94. The number of hydrogen-bond acceptors (Lipinski definition) is 2. The van der Waals surface area contributed by atoms with Crippen molar-refractivity contribution in [1.82, 2.24) is 0 Å². The van der Waals surface area contributed by atoms with Crippen LogP contribution in [0.25, 0.3) is 0 Å². The van der Waals surface area contributed by atoms with Crippen molar-refractivity contribution in [3.8, 4) is 0 Å². The normalized spacial score (nSPS) is 16.3. The Hall–Kier alpha value is -1.02. The van der Waals surface area contributed by atoms with Crippen LogP contribution in [-0.2, 0) is 11.3 Å². The molecule has 0 atom stereocenters. The zero-order chi connectivity index (χ0) is 8.39. The molecule has 0 radical (unpaired) electrons. The predicted molar refractivity (Wildman–Crippen MR) is 50.8 cm³/mol. The average Bonchev–Trinajstić information content (AvgIpc) is 2.87. The SMILES string of the molecule is Nc1ccc(COC2CC2)cc1.[HH]. The zero-order valence-corrected chi connectivity index (χ0v) is 6.99. The first-order valence-electron chi connectivity index (χ1n) is 4.30. The van der Waals surface area contributed by atoms with Gasteiger partial charge in [-0.05, 0) is 30.5 Å². The number of benzene rings is 1. The lowest BCUT2D eigenvalue weighted by molar-refractivity contribution is 0.106. The minimum Gasteiger partial charge on any atom is -0.399 e. The van der Waals surface area contributed by atoms with Crippen LogP contribution in [0.4, 0.5) is 5.69 Å². The molecule has 66 valence electrons. The van der Waals surface area contributed by atoms with Gasteiger partial charge in [-0.3, -0.25) is 0 Å². The molecule has 1 saturated carbocycles. The molecule has 0 amide bonds. The van der Waals surface area contributed by atoms with Crippen molar-refractivity contribution in [3.05, 3.63) is 29.8 Å². The van der Waals surface area contributed by atoms with Gasteiger partial charge in [0.05, 0.1) is 12.7 Å². The first-order chi connectivity index (χ1) is 5.84. The van der Waals surface area contributed by atoms with Crippen molar-refractivity contribution in [2.24, 2.45) is 0 Å². The van der Waals surface area contributed by atoms with E-state index in [1.165, 1.54) is 18.4 Å². The molecule has 0 aliphatic heterocycles. The summed E-state index contributed by atoms with van der Waals surface area (Å²) in [6.07, 6.45) is 2.99. The molecular formula is C10H15NO. The molecular weight excluding hydrogens is 150 g/mol. The number of hydrogen-bond donors (Lipinski definition) is 1. The molecule has 0 unspecified atom stereocenters. The van der Waals surface area contributed by atoms with Gasteiger partial charge >= 0.3 is 0 Å². The molecule has 0 saturated heterocycles. The van der Waals surface area contributed by atoms with Crippen molar-refractivity contribution < 1.29 is 6.16 Å². The van der Waals surface area contributed by atoms with Crippen LogP contribution >= 0.6 is 0 Å². The Morgan fingerprint density at radius 2 is 2.00 bits per heavy atom. The Morgan fingerprint density at radius 1 is 1.33 bits per heavy atom. The minimum absolute atomic E-state index is 0. The predicted octanol–water partition coefficient (Wildman–Crippen LogP) is 2.19. The third-order valence-electron chi connectivity index (χ3n) is 1.99. The summed E-state index contributed by atoms with van der Waals surface area (Å²) in [7, 11) is 0. The van der Waals surface area contributed by atoms with E-state index in [9.17, 15) is 0 Å². The monoisotopic (exact) mass is 165 g/mol. The highest BCUT2D eigenvalue weighted by Gasteiger charge is 2.21. The second-order valence-electron chi connectivity index (χ2n) is 3.25. The molecule has 2 heteroatoms. The summed E-state index contributed by atoms with van der Waals surface area (Å²) in [5.74, 6) is 0. The summed E-state index contributed by atoms with van der Waals surface area (Å²) >= 11 is 0. The van der Waals surface area contributed by atoms with E-state index in [0.717, 1.165) is 12.3 Å². The highest BCUT2D eigenvalue weighted by atomic mass is 16.5. The Kier molecular flexibility index (Phi) is 2.00. The molecule has 1 aliphatic carbocycles. The largest absolute Gasteiger partial charge is 0.399 e. The van der Waals surface area contributed by atoms with E-state index >= 15 is 0 Å². The molecule has 12 heavy (non-hydrogen) atoms. The maximum absolute atomic E-state index is 5.55. The lowest BCUT2D eigenvalue weighted by atomic mass is 10.2. The summed E-state index contributed by atoms with van der Waals surface area (Å²) < 4.78 is 5.54. The van der Waals surface area contributed by atoms with Gasteiger partial charge in [0.25, 0.3) is 0 Å². The van der Waals surface area contributed by atoms with Gasteiger partial charge in [0, 0.05) is 7.11 Å². The van der Waals surface area contributed by atoms with E-state index in [0.29, 0.717) is 6.10 Å². The second kappa shape index (κ2) is 3.15. The molecule has 2 nitrogen and oxygen atoms in total. The molecule has 1 fully saturated rings. The smallest absolute Gasteiger partial charge is 0.0720 e. The molecule has 0 spiro atoms. The summed E-state index contributed by atoms with van der Waals surface area (Å²) in [5.41, 5.74) is 7.57. The topological polar surface area (TPSA) is 35.2 Å². The number of anilines is 1. The van der Waals surface area contributed by atoms with E-state index in [-0.39, 0.29) is 1.43 Å². The fraction of sp³-hybridized carbons (Fsp3) is 0.400. The fourth-order valence-electron chi connectivity index (χ4n) is 1.06. The molecule has 2 N–H and O–H groups in total. The second-order valence-corrected chi connectivity index (χ2v) is 3.25. The Morgan fingerprint density at radius 3 is 2.58 bits per heavy atom. The maximum atomic E-state index is 5.55. The van der Waals surface area contributed by atoms with Gasteiger partial charge in [0.2, 0.25) is 0 Å². The van der Waals surface area contributed by atoms with Crippen LogP contribution in [0.1, 0.15) is 19.8 Å². The van der Waals surface area contributed by atoms with Crippen LogP contribution in [0.2, 0.25) is 0 Å². The van der Waals surface area contributed by atoms with E-state index in [1.807, 2.05) is 24.3 Å². The lowest BCUT2D eigenvalue weighted by Gasteiger charge is -2.01. The standard InChI is InChI=1S/C10H13NO.H2/c11-9-3-1-8(2-4-9)7-12-10-5-6-10;/h1-4,10H,5-7,11H2;1H. The fourth-order valence-corrected chi connectivity index (χ4v) is 1.06. The van der Waals surface area contributed by atoms with E-state index in [4.69, 9.17) is 10.5 Å². The van der Waals surface area contributed by atoms with Crippen molar-refractivity contribution in [2.45, 2.75) is 25.6 Å². The van der Waals surface area contributed by atoms with Gasteiger partial charge in [-0.1, -0.05) is 12.1 Å². The third-order valence-corrected chi connectivity index (χ3v) is 1.99. The van der Waals surface area contributed by atoms with Gasteiger partial charge in [0.15, 0.2) is 0 Å². The summed E-state index contributed by atoms with van der Waals surface area (Å²) in [5, 5.41) is 0. The third kappa shape index (κ3) is 1.98. The van der Waals surface area contributed by atoms with Gasteiger partial charge in [-0.15, -0.1) is 0 Å². The van der Waals surface area contributed by atoms with Crippen molar-refractivity contribution in [3.63, 3.8) is 0 Å². The summed E-state index contributed by atoms with van der Waals surface area (Å²) in [6.45, 7) is 0.727. The summed E-state index contributed by atoms with van der Waals surface area (Å²) in [4.78, 5) is 0. The molecule has 0 heterocycles. The van der Waals surface area contributed by atoms with Crippen LogP contribution < -0.4 is 5.73 Å². The number of rotatable bonds is 3. The molecule has 2 rings (SSSR count). The number of nitrogens with two attached hydrogens (primary N) is 1. The van der Waals surface area contributed by atoms with Crippen LogP contribution in [-0.4, -0.2) is 6.10 Å². The number of nitrogen functional groups attached to an aromatic ring is 1. The number of ether oxygens (including phenoxy) is 1. The molecule has 0 aromatic heterocycles. The van der Waals surface area contributed by atoms with Crippen molar-refractivity contribution in [1.29, 1.82) is 0 Å². The quantitative estimate of drug-likeness (QED) is 0.697. The average molecular weight is 165 g/mol. The highest BCUT2D eigenvalue weighted by molar-refractivity contribution is 5.39. The molecule has 1 aromatic rings. The Balaban J connectivity index is 0.000000845. The van der Waals surface area contributed by atoms with Crippen LogP contribution in [0.3, 0.4) is 0 Å². The molecule has 0 bridgehead atoms. The molecule has 1 aromatic carbocycles. The van der Waals surface area contributed by atoms with Crippen LogP contribution in [0.15, 0.2) is 24.3 Å². The zero-order valence-electron chi connectivity index (χ0n) is 6.99. The van der Waals surface area contributed by atoms with Gasteiger partial charge < -0.3 is 10.5 Å². The first kappa shape index (κ1) is 7.62. The van der Waals surface area contributed by atoms with Crippen LogP contribution in [0, 0.1) is 0 Å². The van der Waals surface area contributed by atoms with Crippen molar-refractivity contribution in [2.75, 3.05) is 5.73 Å². The Labute approximate surface area is 73.8 Å². The van der Waals surface area contributed by atoms with Gasteiger partial charge in [0.1, 0.15) is 0 Å². The van der Waals surface area contributed by atoms with E-state index in [1.54, 1.807) is 0 Å². The highest BCUT2D eigenvalue weighted by Crippen LogP contribution is 2.24. The molecule has 1 aliphatic rings. The van der Waals surface area contributed by atoms with E-state index in [2.05, 4.69) is 0 Å². The first-order valence-corrected chi connectivity index (χ1v) is 4.30. The van der Waals surface area contributed by atoms with Crippen molar-refractivity contribution >= 4 is 5.69 Å². The minimum atomic E-state index is 0.